The summed E-state index contributed by atoms with van der Waals surface area (Å²) in [4.78, 5) is 2.38. The van der Waals surface area contributed by atoms with Gasteiger partial charge in [0.25, 0.3) is 0 Å². The van der Waals surface area contributed by atoms with Crippen LogP contribution >= 0.6 is 0 Å². The minimum atomic E-state index is 1.13. The molecule has 0 atom stereocenters. The van der Waals surface area contributed by atoms with Crippen molar-refractivity contribution in [2.75, 3.05) is 4.90 Å². The van der Waals surface area contributed by atoms with Crippen LogP contribution in [-0.4, -0.2) is 0 Å². The molecule has 8 aromatic rings. The molecule has 0 aliphatic rings. The second-order valence-electron chi connectivity index (χ2n) is 10.6. The Bertz CT molecular complexity index is 2130. The number of anilines is 3. The summed E-state index contributed by atoms with van der Waals surface area (Å²) in [5.74, 6) is 0. The van der Waals surface area contributed by atoms with E-state index >= 15 is 0 Å². The second kappa shape index (κ2) is 9.66. The van der Waals surface area contributed by atoms with Gasteiger partial charge in [-0.25, -0.2) is 0 Å². The maximum atomic E-state index is 2.38. The molecular formula is C40H27N. The van der Waals surface area contributed by atoms with Gasteiger partial charge in [-0.2, -0.15) is 0 Å². The molecule has 0 aromatic heterocycles. The maximum absolute atomic E-state index is 2.38. The van der Waals surface area contributed by atoms with Crippen molar-refractivity contribution in [2.24, 2.45) is 0 Å². The van der Waals surface area contributed by atoms with Gasteiger partial charge in [0.2, 0.25) is 0 Å². The van der Waals surface area contributed by atoms with E-state index in [1.54, 1.807) is 0 Å². The molecule has 1 heteroatoms. The number of hydrogen-bond acceptors (Lipinski definition) is 1. The van der Waals surface area contributed by atoms with Gasteiger partial charge >= 0.3 is 0 Å². The van der Waals surface area contributed by atoms with Gasteiger partial charge in [-0.3, -0.25) is 0 Å². The Morgan fingerprint density at radius 1 is 0.341 bits per heavy atom. The lowest BCUT2D eigenvalue weighted by molar-refractivity contribution is 1.30. The molecular weight excluding hydrogens is 494 g/mol. The van der Waals surface area contributed by atoms with Gasteiger partial charge in [0.1, 0.15) is 0 Å². The van der Waals surface area contributed by atoms with Crippen LogP contribution in [0.5, 0.6) is 0 Å². The minimum Gasteiger partial charge on any atom is -0.310 e. The highest BCUT2D eigenvalue weighted by Crippen LogP contribution is 2.45. The van der Waals surface area contributed by atoms with Crippen LogP contribution in [-0.2, 0) is 0 Å². The number of rotatable bonds is 5. The molecule has 0 radical (unpaired) electrons. The summed E-state index contributed by atoms with van der Waals surface area (Å²) in [7, 11) is 0. The average Bonchev–Trinajstić information content (AvgIpc) is 3.04. The third-order valence-electron chi connectivity index (χ3n) is 8.18. The fraction of sp³-hybridized carbons (Fsp3) is 0. The molecule has 192 valence electrons. The standard InChI is InChI=1S/C40H27N/c1-3-10-28(11-4-1)20-21-29-22-24-32(25-23-29)41(31-14-5-2-6-15-31)38-27-26-36-34-17-8-13-30-12-7-16-33(39(30)34)35-18-9-19-37(38)40(35)36/h1-27H/b21-20+. The number of hydrogen-bond donors (Lipinski definition) is 0. The minimum absolute atomic E-state index is 1.13. The lowest BCUT2D eigenvalue weighted by atomic mass is 9.89. The SMILES string of the molecule is C(=C\c1ccc(N(c2ccccc2)c2ccc3c4cccc5cccc(c6cccc2c63)c54)cc1)/c1ccccc1. The van der Waals surface area contributed by atoms with E-state index in [0.29, 0.717) is 0 Å². The summed E-state index contributed by atoms with van der Waals surface area (Å²) in [6.45, 7) is 0. The zero-order chi connectivity index (χ0) is 27.2. The Balaban J connectivity index is 1.33. The molecule has 1 nitrogen and oxygen atoms in total. The molecule has 8 rings (SSSR count). The van der Waals surface area contributed by atoms with Crippen molar-refractivity contribution in [3.63, 3.8) is 0 Å². The number of nitrogens with zero attached hydrogens (tertiary/aromatic N) is 1. The highest BCUT2D eigenvalue weighted by Gasteiger charge is 2.19. The van der Waals surface area contributed by atoms with Crippen LogP contribution in [0.2, 0.25) is 0 Å². The molecule has 0 saturated carbocycles. The van der Waals surface area contributed by atoms with E-state index in [4.69, 9.17) is 0 Å². The van der Waals surface area contributed by atoms with Crippen molar-refractivity contribution in [1.82, 2.24) is 0 Å². The van der Waals surface area contributed by atoms with E-state index in [-0.39, 0.29) is 0 Å². The molecule has 0 heterocycles. The van der Waals surface area contributed by atoms with E-state index in [0.717, 1.165) is 11.4 Å². The average molecular weight is 522 g/mol. The van der Waals surface area contributed by atoms with E-state index < -0.39 is 0 Å². The quantitative estimate of drug-likeness (QED) is 0.124. The van der Waals surface area contributed by atoms with Crippen molar-refractivity contribution in [2.45, 2.75) is 0 Å². The summed E-state index contributed by atoms with van der Waals surface area (Å²) in [5, 5.41) is 10.4. The lowest BCUT2D eigenvalue weighted by Gasteiger charge is -2.28. The Morgan fingerprint density at radius 3 is 1.54 bits per heavy atom. The smallest absolute Gasteiger partial charge is 0.0540 e. The van der Waals surface area contributed by atoms with Crippen LogP contribution in [0.15, 0.2) is 152 Å². The molecule has 41 heavy (non-hydrogen) atoms. The molecule has 0 N–H and O–H groups in total. The van der Waals surface area contributed by atoms with Gasteiger partial charge < -0.3 is 4.90 Å². The third-order valence-corrected chi connectivity index (χ3v) is 8.18. The number of benzene rings is 8. The largest absolute Gasteiger partial charge is 0.310 e. The molecule has 8 aromatic carbocycles. The summed E-state index contributed by atoms with van der Waals surface area (Å²) < 4.78 is 0. The fourth-order valence-corrected chi connectivity index (χ4v) is 6.32. The highest BCUT2D eigenvalue weighted by atomic mass is 15.1. The number of para-hydroxylation sites is 1. The van der Waals surface area contributed by atoms with E-state index in [1.807, 2.05) is 6.07 Å². The Kier molecular flexibility index (Phi) is 5.53. The maximum Gasteiger partial charge on any atom is 0.0540 e. The van der Waals surface area contributed by atoms with Crippen LogP contribution in [0, 0.1) is 0 Å². The predicted molar refractivity (Wildman–Crippen MR) is 178 cm³/mol. The van der Waals surface area contributed by atoms with E-state index in [1.165, 1.54) is 59.9 Å². The van der Waals surface area contributed by atoms with Gasteiger partial charge in [0.05, 0.1) is 5.69 Å². The highest BCUT2D eigenvalue weighted by molar-refractivity contribution is 6.34. The summed E-state index contributed by atoms with van der Waals surface area (Å²) in [6.07, 6.45) is 4.33. The molecule has 0 fully saturated rings. The van der Waals surface area contributed by atoms with Crippen molar-refractivity contribution in [3.8, 4) is 0 Å². The molecule has 0 saturated heterocycles. The summed E-state index contributed by atoms with van der Waals surface area (Å²) >= 11 is 0. The van der Waals surface area contributed by atoms with Crippen LogP contribution in [0.4, 0.5) is 17.1 Å². The summed E-state index contributed by atoms with van der Waals surface area (Å²) in [5.41, 5.74) is 5.82. The van der Waals surface area contributed by atoms with Crippen molar-refractivity contribution >= 4 is 72.3 Å². The van der Waals surface area contributed by atoms with Gasteiger partial charge in [0, 0.05) is 16.8 Å². The van der Waals surface area contributed by atoms with Gasteiger partial charge in [-0.15, -0.1) is 0 Å². The third kappa shape index (κ3) is 3.94. The van der Waals surface area contributed by atoms with Crippen LogP contribution in [0.25, 0.3) is 55.2 Å². The normalized spacial score (nSPS) is 11.8. The van der Waals surface area contributed by atoms with Gasteiger partial charge in [-0.1, -0.05) is 133 Å². The van der Waals surface area contributed by atoms with E-state index in [2.05, 4.69) is 163 Å². The number of fused-ring (bicyclic) bond motifs is 2. The molecule has 0 aliphatic carbocycles. The summed E-state index contributed by atoms with van der Waals surface area (Å²) in [6, 6.07) is 54.7. The topological polar surface area (TPSA) is 3.24 Å². The lowest BCUT2D eigenvalue weighted by Crippen LogP contribution is -2.10. The van der Waals surface area contributed by atoms with Crippen molar-refractivity contribution in [3.05, 3.63) is 163 Å². The molecule has 0 spiro atoms. The molecule has 0 unspecified atom stereocenters. The van der Waals surface area contributed by atoms with Crippen LogP contribution in [0.1, 0.15) is 11.1 Å². The van der Waals surface area contributed by atoms with Gasteiger partial charge in [-0.05, 0) is 79.2 Å². The Labute approximate surface area is 239 Å². The molecule has 0 amide bonds. The zero-order valence-electron chi connectivity index (χ0n) is 22.5. The monoisotopic (exact) mass is 521 g/mol. The molecule has 0 aliphatic heterocycles. The first-order valence-corrected chi connectivity index (χ1v) is 14.1. The Morgan fingerprint density at radius 2 is 0.854 bits per heavy atom. The predicted octanol–water partition coefficient (Wildman–Crippen LogP) is 11.4. The molecule has 0 bridgehead atoms. The first kappa shape index (κ1) is 23.5. The first-order chi connectivity index (χ1) is 20.3. The van der Waals surface area contributed by atoms with Crippen molar-refractivity contribution in [1.29, 1.82) is 0 Å². The fourth-order valence-electron chi connectivity index (χ4n) is 6.32. The van der Waals surface area contributed by atoms with Gasteiger partial charge in [0.15, 0.2) is 0 Å². The van der Waals surface area contributed by atoms with Crippen LogP contribution in [0.3, 0.4) is 0 Å². The van der Waals surface area contributed by atoms with Crippen LogP contribution < -0.4 is 4.90 Å². The van der Waals surface area contributed by atoms with E-state index in [9.17, 15) is 0 Å². The first-order valence-electron chi connectivity index (χ1n) is 14.1. The Hall–Kier alpha value is -5.40. The zero-order valence-corrected chi connectivity index (χ0v) is 22.5. The second-order valence-corrected chi connectivity index (χ2v) is 10.6. The van der Waals surface area contributed by atoms with Crippen molar-refractivity contribution < 1.29 is 0 Å².